The monoisotopic (exact) mass is 371 g/mol. The van der Waals surface area contributed by atoms with Crippen molar-refractivity contribution in [3.8, 4) is 0 Å². The lowest BCUT2D eigenvalue weighted by Gasteiger charge is -2.26. The van der Waals surface area contributed by atoms with Gasteiger partial charge in [0.05, 0.1) is 17.1 Å². The summed E-state index contributed by atoms with van der Waals surface area (Å²) in [6.45, 7) is 0.997. The second-order valence-corrected chi connectivity index (χ2v) is 6.56. The van der Waals surface area contributed by atoms with Gasteiger partial charge in [-0.25, -0.2) is 19.2 Å². The van der Waals surface area contributed by atoms with Gasteiger partial charge in [0, 0.05) is 31.5 Å². The van der Waals surface area contributed by atoms with E-state index in [0.29, 0.717) is 35.3 Å². The van der Waals surface area contributed by atoms with Gasteiger partial charge in [-0.1, -0.05) is 6.07 Å². The molecule has 27 heavy (non-hydrogen) atoms. The fraction of sp³-hybridized carbons (Fsp3) is 0.333. The molecule has 2 aliphatic rings. The van der Waals surface area contributed by atoms with Crippen LogP contribution in [-0.2, 0) is 17.6 Å². The van der Waals surface area contributed by atoms with E-state index in [1.165, 1.54) is 12.1 Å². The zero-order valence-corrected chi connectivity index (χ0v) is 14.5. The smallest absolute Gasteiger partial charge is 0.328 e. The molecule has 0 bridgehead atoms. The highest BCUT2D eigenvalue weighted by molar-refractivity contribution is 6.15. The van der Waals surface area contributed by atoms with E-state index < -0.39 is 17.8 Å². The van der Waals surface area contributed by atoms with E-state index >= 15 is 0 Å². The summed E-state index contributed by atoms with van der Waals surface area (Å²) >= 11 is 0. The number of hydrogen-bond donors (Lipinski definition) is 3. The standard InChI is InChI=1S/C18H18FN5O3/c19-12-4-3-10(9-14(12)24-15(25)5-7-21-18(24)27)8-13-16-11(2-1-6-20-16)17(26)23-22-13/h3-4,9,20H,1-2,5-8H2,(H,21,27)(H,23,26). The van der Waals surface area contributed by atoms with E-state index in [9.17, 15) is 18.8 Å². The minimum atomic E-state index is -0.654. The number of amides is 3. The first-order valence-corrected chi connectivity index (χ1v) is 8.78. The lowest BCUT2D eigenvalue weighted by atomic mass is 10.0. The third-order valence-corrected chi connectivity index (χ3v) is 4.75. The predicted octanol–water partition coefficient (Wildman–Crippen LogP) is 1.30. The van der Waals surface area contributed by atoms with Gasteiger partial charge in [0.25, 0.3) is 5.56 Å². The van der Waals surface area contributed by atoms with Gasteiger partial charge in [0.2, 0.25) is 5.91 Å². The van der Waals surface area contributed by atoms with Gasteiger partial charge < -0.3 is 10.6 Å². The largest absolute Gasteiger partial charge is 0.383 e. The lowest BCUT2D eigenvalue weighted by molar-refractivity contribution is -0.118. The van der Waals surface area contributed by atoms with Crippen molar-refractivity contribution in [1.82, 2.24) is 15.5 Å². The number of carbonyl (C=O) groups is 2. The van der Waals surface area contributed by atoms with E-state index in [1.54, 1.807) is 6.07 Å². The van der Waals surface area contributed by atoms with Crippen molar-refractivity contribution in [2.45, 2.75) is 25.7 Å². The van der Waals surface area contributed by atoms with Crippen LogP contribution in [0.15, 0.2) is 23.0 Å². The summed E-state index contributed by atoms with van der Waals surface area (Å²) in [6, 6.07) is 3.64. The van der Waals surface area contributed by atoms with Crippen LogP contribution in [0.2, 0.25) is 0 Å². The second-order valence-electron chi connectivity index (χ2n) is 6.56. The number of imide groups is 1. The molecular formula is C18H18FN5O3. The number of fused-ring (bicyclic) bond motifs is 1. The van der Waals surface area contributed by atoms with Crippen LogP contribution in [0.4, 0.5) is 20.6 Å². The highest BCUT2D eigenvalue weighted by Crippen LogP contribution is 2.27. The summed E-state index contributed by atoms with van der Waals surface area (Å²) in [5.41, 5.74) is 2.39. The summed E-state index contributed by atoms with van der Waals surface area (Å²) in [6.07, 6.45) is 1.98. The maximum atomic E-state index is 14.3. The molecule has 1 saturated heterocycles. The van der Waals surface area contributed by atoms with Crippen LogP contribution in [0.25, 0.3) is 0 Å². The SMILES string of the molecule is O=C1CCNC(=O)N1c1cc(Cc2n[nH]c(=O)c3c2NCCC3)ccc1F. The topological polar surface area (TPSA) is 107 Å². The Bertz CT molecular complexity index is 971. The number of nitrogens with one attached hydrogen (secondary N) is 3. The van der Waals surface area contributed by atoms with Crippen molar-refractivity contribution in [3.05, 3.63) is 51.2 Å². The zero-order valence-electron chi connectivity index (χ0n) is 14.5. The van der Waals surface area contributed by atoms with Gasteiger partial charge in [-0.2, -0.15) is 5.10 Å². The fourth-order valence-corrected chi connectivity index (χ4v) is 3.44. The van der Waals surface area contributed by atoms with Crippen LogP contribution in [-0.4, -0.2) is 35.2 Å². The van der Waals surface area contributed by atoms with E-state index in [0.717, 1.165) is 17.9 Å². The molecule has 1 aromatic carbocycles. The Hall–Kier alpha value is -3.23. The van der Waals surface area contributed by atoms with Crippen LogP contribution in [0.5, 0.6) is 0 Å². The number of nitrogens with zero attached hydrogens (tertiary/aromatic N) is 2. The van der Waals surface area contributed by atoms with Crippen molar-refractivity contribution < 1.29 is 14.0 Å². The van der Waals surface area contributed by atoms with Crippen LogP contribution < -0.4 is 21.1 Å². The quantitative estimate of drug-likeness (QED) is 0.754. The molecule has 8 nitrogen and oxygen atoms in total. The lowest BCUT2D eigenvalue weighted by Crippen LogP contribution is -2.50. The summed E-state index contributed by atoms with van der Waals surface area (Å²) in [5, 5.41) is 12.4. The highest BCUT2D eigenvalue weighted by Gasteiger charge is 2.29. The van der Waals surface area contributed by atoms with Crippen molar-refractivity contribution in [2.75, 3.05) is 23.3 Å². The van der Waals surface area contributed by atoms with Gasteiger partial charge in [0.1, 0.15) is 5.82 Å². The number of carbonyl (C=O) groups excluding carboxylic acids is 2. The molecule has 0 saturated carbocycles. The molecule has 4 rings (SSSR count). The summed E-state index contributed by atoms with van der Waals surface area (Å²) in [7, 11) is 0. The van der Waals surface area contributed by atoms with Crippen LogP contribution in [0.3, 0.4) is 0 Å². The highest BCUT2D eigenvalue weighted by atomic mass is 19.1. The average molecular weight is 371 g/mol. The van der Waals surface area contributed by atoms with E-state index in [2.05, 4.69) is 20.8 Å². The molecule has 3 N–H and O–H groups in total. The maximum absolute atomic E-state index is 14.3. The molecule has 3 amide bonds. The molecule has 0 radical (unpaired) electrons. The van der Waals surface area contributed by atoms with Crippen molar-refractivity contribution in [2.24, 2.45) is 0 Å². The summed E-state index contributed by atoms with van der Waals surface area (Å²) in [5.74, 6) is -1.10. The molecule has 140 valence electrons. The molecule has 1 fully saturated rings. The molecule has 2 aromatic rings. The van der Waals surface area contributed by atoms with Crippen LogP contribution >= 0.6 is 0 Å². The molecular weight excluding hydrogens is 353 g/mol. The Kier molecular flexibility index (Phi) is 4.35. The Balaban J connectivity index is 1.69. The van der Waals surface area contributed by atoms with Gasteiger partial charge in [0.15, 0.2) is 0 Å². The number of urea groups is 1. The first-order valence-electron chi connectivity index (χ1n) is 8.78. The first-order chi connectivity index (χ1) is 13.0. The molecule has 2 aliphatic heterocycles. The molecule has 0 aliphatic carbocycles. The molecule has 1 aromatic heterocycles. The summed E-state index contributed by atoms with van der Waals surface area (Å²) in [4.78, 5) is 36.9. The van der Waals surface area contributed by atoms with E-state index in [-0.39, 0.29) is 24.2 Å². The first kappa shape index (κ1) is 17.2. The molecule has 9 heteroatoms. The number of benzene rings is 1. The number of H-pyrrole nitrogens is 1. The molecule has 0 unspecified atom stereocenters. The van der Waals surface area contributed by atoms with E-state index in [1.807, 2.05) is 0 Å². The number of hydrogen-bond acceptors (Lipinski definition) is 5. The van der Waals surface area contributed by atoms with Gasteiger partial charge in [-0.3, -0.25) is 9.59 Å². The fourth-order valence-electron chi connectivity index (χ4n) is 3.44. The molecule has 3 heterocycles. The number of aromatic amines is 1. The third-order valence-electron chi connectivity index (χ3n) is 4.75. The Morgan fingerprint density at radius 2 is 1.96 bits per heavy atom. The van der Waals surface area contributed by atoms with Gasteiger partial charge in [-0.05, 0) is 30.5 Å². The summed E-state index contributed by atoms with van der Waals surface area (Å²) < 4.78 is 14.3. The molecule has 0 spiro atoms. The van der Waals surface area contributed by atoms with Crippen molar-refractivity contribution in [1.29, 1.82) is 0 Å². The Labute approximate surface area is 153 Å². The zero-order chi connectivity index (χ0) is 19.0. The van der Waals surface area contributed by atoms with Gasteiger partial charge >= 0.3 is 6.03 Å². The van der Waals surface area contributed by atoms with Crippen molar-refractivity contribution in [3.63, 3.8) is 0 Å². The minimum Gasteiger partial charge on any atom is -0.383 e. The maximum Gasteiger partial charge on any atom is 0.328 e. The van der Waals surface area contributed by atoms with Crippen molar-refractivity contribution >= 4 is 23.3 Å². The third kappa shape index (κ3) is 3.16. The second kappa shape index (κ2) is 6.82. The van der Waals surface area contributed by atoms with E-state index in [4.69, 9.17) is 0 Å². The number of anilines is 2. The number of aromatic nitrogens is 2. The Morgan fingerprint density at radius 1 is 1.11 bits per heavy atom. The number of rotatable bonds is 3. The van der Waals surface area contributed by atoms with Gasteiger partial charge in [-0.15, -0.1) is 0 Å². The van der Waals surface area contributed by atoms with Crippen LogP contribution in [0.1, 0.15) is 29.7 Å². The number of halogens is 1. The molecule has 0 atom stereocenters. The van der Waals surface area contributed by atoms with Crippen LogP contribution in [0, 0.1) is 5.82 Å². The average Bonchev–Trinajstić information content (AvgIpc) is 2.66. The minimum absolute atomic E-state index is 0.0825. The normalized spacial score (nSPS) is 16.6. The Morgan fingerprint density at radius 3 is 2.78 bits per heavy atom. The predicted molar refractivity (Wildman–Crippen MR) is 96.4 cm³/mol.